The highest BCUT2D eigenvalue weighted by Crippen LogP contribution is 2.29. The van der Waals surface area contributed by atoms with Crippen LogP contribution >= 0.6 is 15.9 Å². The van der Waals surface area contributed by atoms with E-state index in [0.29, 0.717) is 22.6 Å². The maximum atomic E-state index is 14.4. The Bertz CT molecular complexity index is 704. The fourth-order valence-corrected chi connectivity index (χ4v) is 2.86. The van der Waals surface area contributed by atoms with Gasteiger partial charge in [0.05, 0.1) is 12.6 Å². The molecule has 0 aliphatic heterocycles. The molecule has 5 heteroatoms. The summed E-state index contributed by atoms with van der Waals surface area (Å²) in [5, 5.41) is 2.88. The first-order valence-corrected chi connectivity index (χ1v) is 8.80. The lowest BCUT2D eigenvalue weighted by atomic mass is 9.98. The summed E-state index contributed by atoms with van der Waals surface area (Å²) in [7, 11) is 0. The Labute approximate surface area is 149 Å². The second-order valence-electron chi connectivity index (χ2n) is 6.04. The van der Waals surface area contributed by atoms with E-state index in [1.807, 2.05) is 30.3 Å². The summed E-state index contributed by atoms with van der Waals surface area (Å²) in [6, 6.07) is 13.7. The lowest BCUT2D eigenvalue weighted by Gasteiger charge is -2.20. The quantitative estimate of drug-likeness (QED) is 0.766. The number of rotatable bonds is 7. The second kappa shape index (κ2) is 7.90. The minimum atomic E-state index is -0.545. The van der Waals surface area contributed by atoms with E-state index < -0.39 is 6.04 Å². The van der Waals surface area contributed by atoms with Gasteiger partial charge in [0.1, 0.15) is 12.4 Å². The van der Waals surface area contributed by atoms with Gasteiger partial charge in [0.2, 0.25) is 5.91 Å². The monoisotopic (exact) mass is 391 g/mol. The van der Waals surface area contributed by atoms with Crippen LogP contribution in [0, 0.1) is 11.7 Å². The summed E-state index contributed by atoms with van der Waals surface area (Å²) in [6.07, 6.45) is 2.36. The minimum absolute atomic E-state index is 0.00200. The van der Waals surface area contributed by atoms with Crippen LogP contribution in [0.15, 0.2) is 53.0 Å². The summed E-state index contributed by atoms with van der Waals surface area (Å²) in [5.41, 5.74) is 1.26. The van der Waals surface area contributed by atoms with Gasteiger partial charge in [-0.3, -0.25) is 4.79 Å². The molecule has 126 valence electrons. The van der Waals surface area contributed by atoms with Gasteiger partial charge in [-0.05, 0) is 36.5 Å². The van der Waals surface area contributed by atoms with E-state index in [-0.39, 0.29) is 18.3 Å². The van der Waals surface area contributed by atoms with Crippen molar-refractivity contribution in [3.8, 4) is 0 Å². The molecule has 1 unspecified atom stereocenters. The van der Waals surface area contributed by atoms with Crippen molar-refractivity contribution in [3.05, 3.63) is 69.9 Å². The number of hydrogen-bond donors (Lipinski definition) is 1. The molecule has 2 aromatic carbocycles. The van der Waals surface area contributed by atoms with Gasteiger partial charge in [-0.15, -0.1) is 0 Å². The SMILES string of the molecule is O=C(COCC1CC1)NC(c1ccccc1)c1ccc(Br)cc1F. The van der Waals surface area contributed by atoms with Gasteiger partial charge in [-0.25, -0.2) is 4.39 Å². The largest absolute Gasteiger partial charge is 0.371 e. The van der Waals surface area contributed by atoms with Crippen LogP contribution < -0.4 is 5.32 Å². The highest BCUT2D eigenvalue weighted by molar-refractivity contribution is 9.10. The van der Waals surface area contributed by atoms with E-state index in [2.05, 4.69) is 21.2 Å². The van der Waals surface area contributed by atoms with Crippen molar-refractivity contribution in [2.24, 2.45) is 5.92 Å². The fourth-order valence-electron chi connectivity index (χ4n) is 2.53. The standard InChI is InChI=1S/C19H19BrFNO2/c20-15-8-9-16(17(21)10-15)19(14-4-2-1-3-5-14)22-18(23)12-24-11-13-6-7-13/h1-5,8-10,13,19H,6-7,11-12H2,(H,22,23). The first kappa shape index (κ1) is 17.1. The molecule has 1 fully saturated rings. The minimum Gasteiger partial charge on any atom is -0.371 e. The van der Waals surface area contributed by atoms with Gasteiger partial charge in [-0.1, -0.05) is 52.3 Å². The Morgan fingerprint density at radius 2 is 2.00 bits per heavy atom. The van der Waals surface area contributed by atoms with Gasteiger partial charge < -0.3 is 10.1 Å². The van der Waals surface area contributed by atoms with Gasteiger partial charge in [0.15, 0.2) is 0 Å². The average molecular weight is 392 g/mol. The van der Waals surface area contributed by atoms with Crippen LogP contribution in [0.2, 0.25) is 0 Å². The fraction of sp³-hybridized carbons (Fsp3) is 0.316. The van der Waals surface area contributed by atoms with E-state index in [9.17, 15) is 9.18 Å². The van der Waals surface area contributed by atoms with Gasteiger partial charge in [0.25, 0.3) is 0 Å². The maximum Gasteiger partial charge on any atom is 0.246 e. The normalized spacial score (nSPS) is 15.1. The molecule has 0 aromatic heterocycles. The van der Waals surface area contributed by atoms with Crippen molar-refractivity contribution in [1.29, 1.82) is 0 Å². The Kier molecular flexibility index (Phi) is 5.63. The molecule has 0 radical (unpaired) electrons. The van der Waals surface area contributed by atoms with Crippen molar-refractivity contribution in [3.63, 3.8) is 0 Å². The zero-order valence-electron chi connectivity index (χ0n) is 13.2. The molecule has 1 N–H and O–H groups in total. The summed E-state index contributed by atoms with van der Waals surface area (Å²) in [5.74, 6) is -0.00381. The maximum absolute atomic E-state index is 14.4. The van der Waals surface area contributed by atoms with Crippen LogP contribution in [0.5, 0.6) is 0 Å². The molecule has 3 nitrogen and oxygen atoms in total. The van der Waals surface area contributed by atoms with E-state index >= 15 is 0 Å². The lowest BCUT2D eigenvalue weighted by molar-refractivity contribution is -0.126. The number of halogens is 2. The van der Waals surface area contributed by atoms with Gasteiger partial charge in [0, 0.05) is 10.0 Å². The third-order valence-corrected chi connectivity index (χ3v) is 4.49. The van der Waals surface area contributed by atoms with Crippen molar-refractivity contribution < 1.29 is 13.9 Å². The summed E-state index contributed by atoms with van der Waals surface area (Å²) in [4.78, 5) is 12.2. The first-order valence-electron chi connectivity index (χ1n) is 8.00. The molecule has 1 aliphatic rings. The number of benzene rings is 2. The molecule has 3 rings (SSSR count). The van der Waals surface area contributed by atoms with E-state index in [1.54, 1.807) is 12.1 Å². The molecular formula is C19H19BrFNO2. The number of nitrogens with one attached hydrogen (secondary N) is 1. The van der Waals surface area contributed by atoms with E-state index in [0.717, 1.165) is 5.56 Å². The lowest BCUT2D eigenvalue weighted by Crippen LogP contribution is -2.33. The molecule has 0 bridgehead atoms. The number of amides is 1. The van der Waals surface area contributed by atoms with Crippen molar-refractivity contribution >= 4 is 21.8 Å². The molecule has 1 aliphatic carbocycles. The highest BCUT2D eigenvalue weighted by Gasteiger charge is 2.23. The third-order valence-electron chi connectivity index (χ3n) is 4.00. The van der Waals surface area contributed by atoms with Crippen molar-refractivity contribution in [1.82, 2.24) is 5.32 Å². The Morgan fingerprint density at radius 1 is 1.25 bits per heavy atom. The Hall–Kier alpha value is -1.72. The van der Waals surface area contributed by atoms with Crippen molar-refractivity contribution in [2.75, 3.05) is 13.2 Å². The number of carbonyl (C=O) groups excluding carboxylic acids is 1. The average Bonchev–Trinajstić information content (AvgIpc) is 3.38. The van der Waals surface area contributed by atoms with Crippen LogP contribution in [0.3, 0.4) is 0 Å². The number of hydrogen-bond acceptors (Lipinski definition) is 2. The van der Waals surface area contributed by atoms with Crippen LogP contribution in [0.1, 0.15) is 30.0 Å². The summed E-state index contributed by atoms with van der Waals surface area (Å²) >= 11 is 3.26. The molecule has 1 saturated carbocycles. The van der Waals surface area contributed by atoms with Crippen molar-refractivity contribution in [2.45, 2.75) is 18.9 Å². The predicted molar refractivity (Wildman–Crippen MR) is 94.1 cm³/mol. The molecule has 0 saturated heterocycles. The van der Waals surface area contributed by atoms with Crippen LogP contribution in [0.4, 0.5) is 4.39 Å². The summed E-state index contributed by atoms with van der Waals surface area (Å²) < 4.78 is 20.5. The van der Waals surface area contributed by atoms with E-state index in [1.165, 1.54) is 18.9 Å². The molecular weight excluding hydrogens is 373 g/mol. The predicted octanol–water partition coefficient (Wildman–Crippen LogP) is 4.22. The second-order valence-corrected chi connectivity index (χ2v) is 6.95. The molecule has 0 spiro atoms. The first-order chi connectivity index (χ1) is 11.6. The number of ether oxygens (including phenoxy) is 1. The van der Waals surface area contributed by atoms with Crippen LogP contribution in [-0.2, 0) is 9.53 Å². The zero-order valence-corrected chi connectivity index (χ0v) is 14.8. The third kappa shape index (κ3) is 4.65. The molecule has 1 atom stereocenters. The van der Waals surface area contributed by atoms with E-state index in [4.69, 9.17) is 4.74 Å². The molecule has 24 heavy (non-hydrogen) atoms. The molecule has 1 amide bonds. The van der Waals surface area contributed by atoms with Gasteiger partial charge in [-0.2, -0.15) is 0 Å². The Morgan fingerprint density at radius 3 is 2.67 bits per heavy atom. The van der Waals surface area contributed by atoms with Crippen LogP contribution in [-0.4, -0.2) is 19.1 Å². The molecule has 0 heterocycles. The van der Waals surface area contributed by atoms with Gasteiger partial charge >= 0.3 is 0 Å². The molecule has 2 aromatic rings. The highest BCUT2D eigenvalue weighted by atomic mass is 79.9. The zero-order chi connectivity index (χ0) is 16.9. The smallest absolute Gasteiger partial charge is 0.246 e. The topological polar surface area (TPSA) is 38.3 Å². The Balaban J connectivity index is 1.75. The van der Waals surface area contributed by atoms with Crippen LogP contribution in [0.25, 0.3) is 0 Å². The number of carbonyl (C=O) groups is 1. The summed E-state index contributed by atoms with van der Waals surface area (Å²) in [6.45, 7) is 0.619.